The van der Waals surface area contributed by atoms with Crippen LogP contribution >= 0.6 is 0 Å². The van der Waals surface area contributed by atoms with Crippen molar-refractivity contribution in [3.8, 4) is 0 Å². The van der Waals surface area contributed by atoms with Crippen LogP contribution < -0.4 is 0 Å². The Morgan fingerprint density at radius 1 is 0.750 bits per heavy atom. The molecule has 0 aromatic heterocycles. The molecule has 0 atom stereocenters. The standard InChI is InChI=1S/C22H43NO5.BH3O3/c1-2-3-4-5-6-7-8-9-10-11-12-13-14-15-16-17-22(26)23(27-20-18-24)28-21-19-25;2-1(3)4/h9-10,24-25H,2-8,11-21H2,1H3;2-4H/b10-9-;. The zero-order chi connectivity index (χ0) is 24.3. The van der Waals surface area contributed by atoms with Gasteiger partial charge in [0.25, 0.3) is 5.91 Å². The van der Waals surface area contributed by atoms with Gasteiger partial charge in [-0.15, -0.1) is 0 Å². The fourth-order valence-corrected chi connectivity index (χ4v) is 2.87. The minimum atomic E-state index is -2.17. The Balaban J connectivity index is 0. The number of hydrogen-bond donors (Lipinski definition) is 5. The number of amides is 1. The lowest BCUT2D eigenvalue weighted by molar-refractivity contribution is -0.345. The van der Waals surface area contributed by atoms with Crippen LogP contribution in [0.15, 0.2) is 12.2 Å². The van der Waals surface area contributed by atoms with Crippen LogP contribution in [0.5, 0.6) is 0 Å². The second-order valence-corrected chi connectivity index (χ2v) is 7.45. The summed E-state index contributed by atoms with van der Waals surface area (Å²) in [5.41, 5.74) is 0. The maximum absolute atomic E-state index is 12.0. The van der Waals surface area contributed by atoms with Crippen LogP contribution in [0.4, 0.5) is 0 Å². The molecular formula is C22H46BNO8. The molecule has 0 aliphatic carbocycles. The van der Waals surface area contributed by atoms with E-state index in [1.807, 2.05) is 0 Å². The highest BCUT2D eigenvalue weighted by molar-refractivity contribution is 6.30. The highest BCUT2D eigenvalue weighted by Gasteiger charge is 2.15. The molecule has 190 valence electrons. The van der Waals surface area contributed by atoms with Gasteiger partial charge in [-0.25, -0.2) is 9.68 Å². The smallest absolute Gasteiger partial charge is 0.402 e. The third-order valence-corrected chi connectivity index (χ3v) is 4.46. The molecule has 0 saturated heterocycles. The summed E-state index contributed by atoms with van der Waals surface area (Å²) < 4.78 is 0. The number of aliphatic hydroxyl groups is 2. The van der Waals surface area contributed by atoms with Crippen LogP contribution in [0.25, 0.3) is 0 Å². The van der Waals surface area contributed by atoms with E-state index < -0.39 is 7.32 Å². The molecule has 32 heavy (non-hydrogen) atoms. The van der Waals surface area contributed by atoms with Crippen molar-refractivity contribution < 1.29 is 39.8 Å². The number of aliphatic hydroxyl groups excluding tert-OH is 2. The molecule has 0 rings (SSSR count). The lowest BCUT2D eigenvalue weighted by Gasteiger charge is -2.19. The number of unbranched alkanes of at least 4 members (excludes halogenated alkanes) is 11. The molecule has 0 fully saturated rings. The van der Waals surface area contributed by atoms with Crippen molar-refractivity contribution in [3.05, 3.63) is 12.2 Å². The summed E-state index contributed by atoms with van der Waals surface area (Å²) in [5, 5.41) is 39.8. The molecule has 0 unspecified atom stereocenters. The molecule has 0 aromatic carbocycles. The van der Waals surface area contributed by atoms with Gasteiger partial charge in [-0.3, -0.25) is 4.79 Å². The summed E-state index contributed by atoms with van der Waals surface area (Å²) in [6.07, 6.45) is 20.7. The monoisotopic (exact) mass is 463 g/mol. The van der Waals surface area contributed by atoms with Gasteiger partial charge < -0.3 is 25.3 Å². The Bertz CT molecular complexity index is 403. The van der Waals surface area contributed by atoms with E-state index in [0.717, 1.165) is 30.9 Å². The van der Waals surface area contributed by atoms with Crippen LogP contribution in [-0.2, 0) is 14.5 Å². The van der Waals surface area contributed by atoms with Crippen molar-refractivity contribution in [2.24, 2.45) is 0 Å². The van der Waals surface area contributed by atoms with E-state index in [0.29, 0.717) is 6.42 Å². The average molecular weight is 463 g/mol. The molecule has 0 heterocycles. The summed E-state index contributed by atoms with van der Waals surface area (Å²) in [7, 11) is -2.17. The van der Waals surface area contributed by atoms with Crippen LogP contribution in [0.3, 0.4) is 0 Å². The lowest BCUT2D eigenvalue weighted by Crippen LogP contribution is -2.33. The third-order valence-electron chi connectivity index (χ3n) is 4.46. The van der Waals surface area contributed by atoms with Crippen LogP contribution in [0.2, 0.25) is 0 Å². The van der Waals surface area contributed by atoms with Crippen molar-refractivity contribution in [1.82, 2.24) is 5.23 Å². The zero-order valence-corrected chi connectivity index (χ0v) is 19.9. The van der Waals surface area contributed by atoms with E-state index in [1.54, 1.807) is 0 Å². The Kier molecular flexibility index (Phi) is 29.1. The summed E-state index contributed by atoms with van der Waals surface area (Å²) in [6, 6.07) is 0. The topological polar surface area (TPSA) is 140 Å². The molecule has 10 heteroatoms. The van der Waals surface area contributed by atoms with Crippen molar-refractivity contribution in [3.63, 3.8) is 0 Å². The first-order valence-electron chi connectivity index (χ1n) is 12.0. The molecule has 5 N–H and O–H groups in total. The van der Waals surface area contributed by atoms with Crippen molar-refractivity contribution in [2.45, 2.75) is 96.8 Å². The molecule has 0 aliphatic rings. The molecular weight excluding hydrogens is 417 g/mol. The molecule has 0 saturated carbocycles. The number of allylic oxidation sites excluding steroid dienone is 2. The predicted octanol–water partition coefficient (Wildman–Crippen LogP) is 2.65. The van der Waals surface area contributed by atoms with Gasteiger partial charge >= 0.3 is 7.32 Å². The van der Waals surface area contributed by atoms with E-state index in [4.69, 9.17) is 35.0 Å². The van der Waals surface area contributed by atoms with Crippen molar-refractivity contribution in [1.29, 1.82) is 0 Å². The minimum absolute atomic E-state index is 0.0104. The Hall–Kier alpha value is -1.01. The van der Waals surface area contributed by atoms with Gasteiger partial charge in [-0.1, -0.05) is 75.7 Å². The normalized spacial score (nSPS) is 10.8. The Labute approximate surface area is 194 Å². The molecule has 0 radical (unpaired) electrons. The number of hydrogen-bond acceptors (Lipinski definition) is 8. The van der Waals surface area contributed by atoms with Gasteiger partial charge in [0.15, 0.2) is 0 Å². The van der Waals surface area contributed by atoms with E-state index in [9.17, 15) is 4.79 Å². The number of hydroxylamine groups is 2. The molecule has 0 aromatic rings. The number of carbonyl (C=O) groups is 1. The highest BCUT2D eigenvalue weighted by Crippen LogP contribution is 2.11. The van der Waals surface area contributed by atoms with E-state index >= 15 is 0 Å². The fourth-order valence-electron chi connectivity index (χ4n) is 2.87. The summed E-state index contributed by atoms with van der Waals surface area (Å²) in [4.78, 5) is 22.0. The van der Waals surface area contributed by atoms with E-state index in [1.165, 1.54) is 57.8 Å². The van der Waals surface area contributed by atoms with Gasteiger partial charge in [0.2, 0.25) is 0 Å². The third kappa shape index (κ3) is 29.0. The van der Waals surface area contributed by atoms with Crippen molar-refractivity contribution in [2.75, 3.05) is 26.4 Å². The van der Waals surface area contributed by atoms with Crippen LogP contribution in [-0.4, -0.2) is 70.2 Å². The quantitative estimate of drug-likeness (QED) is 0.0758. The first-order valence-corrected chi connectivity index (χ1v) is 12.0. The van der Waals surface area contributed by atoms with Crippen molar-refractivity contribution >= 4 is 13.2 Å². The Morgan fingerprint density at radius 3 is 1.59 bits per heavy atom. The van der Waals surface area contributed by atoms with Gasteiger partial charge in [0.05, 0.1) is 13.2 Å². The summed E-state index contributed by atoms with van der Waals surface area (Å²) in [5.74, 6) is -0.278. The second-order valence-electron chi connectivity index (χ2n) is 7.45. The van der Waals surface area contributed by atoms with Gasteiger partial charge in [0, 0.05) is 6.42 Å². The van der Waals surface area contributed by atoms with Gasteiger partial charge in [-0.05, 0) is 32.1 Å². The number of carbonyl (C=O) groups excluding carboxylic acids is 1. The average Bonchev–Trinajstić information content (AvgIpc) is 2.76. The van der Waals surface area contributed by atoms with E-state index in [-0.39, 0.29) is 32.3 Å². The molecule has 0 bridgehead atoms. The largest absolute Gasteiger partial charge is 0.631 e. The maximum atomic E-state index is 12.0. The highest BCUT2D eigenvalue weighted by atomic mass is 17.0. The summed E-state index contributed by atoms with van der Waals surface area (Å²) in [6.45, 7) is 1.84. The second kappa shape index (κ2) is 28.0. The lowest BCUT2D eigenvalue weighted by atomic mass is 10.1. The SMILES string of the molecule is CCCCCCCC/C=C\CCCCCCCC(=O)N(OCCO)OCCO.OB(O)O. The number of nitrogens with zero attached hydrogens (tertiary/aromatic N) is 1. The first kappa shape index (κ1) is 33.2. The zero-order valence-electron chi connectivity index (χ0n) is 19.9. The summed E-state index contributed by atoms with van der Waals surface area (Å²) >= 11 is 0. The van der Waals surface area contributed by atoms with Gasteiger partial charge in [0.1, 0.15) is 13.2 Å². The molecule has 1 amide bonds. The fraction of sp³-hybridized carbons (Fsp3) is 0.864. The minimum Gasteiger partial charge on any atom is -0.402 e. The molecule has 0 spiro atoms. The molecule has 0 aliphatic heterocycles. The first-order chi connectivity index (χ1) is 15.5. The van der Waals surface area contributed by atoms with Gasteiger partial charge in [-0.2, -0.15) is 0 Å². The van der Waals surface area contributed by atoms with Crippen LogP contribution in [0, 0.1) is 0 Å². The molecule has 9 nitrogen and oxygen atoms in total. The maximum Gasteiger partial charge on any atom is 0.631 e. The number of rotatable bonds is 21. The van der Waals surface area contributed by atoms with E-state index in [2.05, 4.69) is 19.1 Å². The predicted molar refractivity (Wildman–Crippen MR) is 125 cm³/mol. The Morgan fingerprint density at radius 2 is 1.16 bits per heavy atom. The van der Waals surface area contributed by atoms with Crippen LogP contribution in [0.1, 0.15) is 96.8 Å².